The molecule has 1 atom stereocenters. The smallest absolute Gasteiger partial charge is 0.269 e. The van der Waals surface area contributed by atoms with E-state index in [-0.39, 0.29) is 17.5 Å². The van der Waals surface area contributed by atoms with E-state index in [0.29, 0.717) is 23.3 Å². The van der Waals surface area contributed by atoms with Gasteiger partial charge in [-0.15, -0.1) is 16.4 Å². The summed E-state index contributed by atoms with van der Waals surface area (Å²) in [5, 5.41) is 21.4. The van der Waals surface area contributed by atoms with Gasteiger partial charge in [0.25, 0.3) is 5.69 Å². The second kappa shape index (κ2) is 7.69. The number of non-ortho nitro benzene ring substituents is 1. The molecule has 10 heteroatoms. The van der Waals surface area contributed by atoms with E-state index in [9.17, 15) is 14.9 Å². The zero-order chi connectivity index (χ0) is 20.7. The van der Waals surface area contributed by atoms with Crippen molar-refractivity contribution in [2.45, 2.75) is 36.2 Å². The third kappa shape index (κ3) is 3.41. The molecule has 152 valence electrons. The fourth-order valence-corrected chi connectivity index (χ4v) is 5.37. The van der Waals surface area contributed by atoms with Gasteiger partial charge < -0.3 is 5.32 Å². The highest BCUT2D eigenvalue weighted by molar-refractivity contribution is 7.98. The van der Waals surface area contributed by atoms with Gasteiger partial charge in [-0.25, -0.2) is 4.68 Å². The molecule has 0 fully saturated rings. The number of allylic oxidation sites excluding steroid dienone is 2. The van der Waals surface area contributed by atoms with Crippen LogP contribution in [0.3, 0.4) is 0 Å². The number of benzene rings is 1. The first-order valence-corrected chi connectivity index (χ1v) is 11.4. The molecule has 5 rings (SSSR count). The first-order valence-electron chi connectivity index (χ1n) is 9.49. The predicted octanol–water partition coefficient (Wildman–Crippen LogP) is 4.56. The maximum atomic E-state index is 12.7. The molecule has 2 aromatic heterocycles. The Morgan fingerprint density at radius 1 is 1.27 bits per heavy atom. The molecule has 1 aromatic carbocycles. The molecule has 0 saturated heterocycles. The number of rotatable bonds is 5. The predicted molar refractivity (Wildman–Crippen MR) is 115 cm³/mol. The summed E-state index contributed by atoms with van der Waals surface area (Å²) in [4.78, 5) is 28.8. The average Bonchev–Trinajstić information content (AvgIpc) is 3.41. The number of thiophene rings is 1. The van der Waals surface area contributed by atoms with Gasteiger partial charge in [-0.3, -0.25) is 14.9 Å². The van der Waals surface area contributed by atoms with Crippen LogP contribution in [-0.4, -0.2) is 25.5 Å². The van der Waals surface area contributed by atoms with Gasteiger partial charge in [-0.05, 0) is 29.9 Å². The molecule has 0 bridgehead atoms. The number of carbonyl (C=O) groups is 1. The van der Waals surface area contributed by atoms with Crippen LogP contribution in [0.15, 0.2) is 58.2 Å². The van der Waals surface area contributed by atoms with Crippen LogP contribution in [0.4, 0.5) is 11.6 Å². The fourth-order valence-electron chi connectivity index (χ4n) is 3.77. The van der Waals surface area contributed by atoms with E-state index in [0.717, 1.165) is 34.6 Å². The van der Waals surface area contributed by atoms with Crippen molar-refractivity contribution < 1.29 is 9.72 Å². The zero-order valence-corrected chi connectivity index (χ0v) is 17.4. The van der Waals surface area contributed by atoms with Crippen molar-refractivity contribution >= 4 is 40.5 Å². The highest BCUT2D eigenvalue weighted by atomic mass is 32.2. The second-order valence-corrected chi connectivity index (χ2v) is 9.01. The van der Waals surface area contributed by atoms with Crippen molar-refractivity contribution in [1.82, 2.24) is 14.8 Å². The van der Waals surface area contributed by atoms with Crippen molar-refractivity contribution in [3.63, 3.8) is 0 Å². The van der Waals surface area contributed by atoms with Crippen LogP contribution in [0.1, 0.15) is 35.7 Å². The summed E-state index contributed by atoms with van der Waals surface area (Å²) in [5.41, 5.74) is 2.78. The maximum absolute atomic E-state index is 12.7. The van der Waals surface area contributed by atoms with Gasteiger partial charge >= 0.3 is 0 Å². The topological polar surface area (TPSA) is 103 Å². The Kier molecular flexibility index (Phi) is 4.87. The zero-order valence-electron chi connectivity index (χ0n) is 15.8. The summed E-state index contributed by atoms with van der Waals surface area (Å²) in [6.45, 7) is 0. The number of anilines is 1. The molecule has 0 saturated carbocycles. The molecule has 3 heterocycles. The minimum atomic E-state index is -0.408. The van der Waals surface area contributed by atoms with Crippen LogP contribution in [-0.2, 0) is 10.5 Å². The Morgan fingerprint density at radius 3 is 2.83 bits per heavy atom. The number of thioether (sulfide) groups is 1. The van der Waals surface area contributed by atoms with E-state index in [1.165, 1.54) is 23.9 Å². The van der Waals surface area contributed by atoms with Crippen molar-refractivity contribution in [3.8, 4) is 0 Å². The Bertz CT molecular complexity index is 1150. The number of nitrogens with one attached hydrogen (secondary N) is 1. The third-order valence-corrected chi connectivity index (χ3v) is 7.01. The minimum absolute atomic E-state index is 0.0728. The normalized spacial score (nSPS) is 18.0. The van der Waals surface area contributed by atoms with E-state index < -0.39 is 4.92 Å². The maximum Gasteiger partial charge on any atom is 0.269 e. The van der Waals surface area contributed by atoms with Crippen molar-refractivity contribution in [3.05, 3.63) is 73.6 Å². The van der Waals surface area contributed by atoms with Gasteiger partial charge in [-0.2, -0.15) is 4.98 Å². The Labute approximate surface area is 180 Å². The van der Waals surface area contributed by atoms with E-state index >= 15 is 0 Å². The Balaban J connectivity index is 1.42. The standard InChI is InChI=1S/C20H17N5O3S2/c26-15-4-1-3-14-17(15)18(16-5-2-10-29-16)24-19(21-14)22-20(23-24)30-11-12-6-8-13(9-7-12)25(27)28/h2,5-10,18H,1,3-4,11H2,(H,21,22,23). The van der Waals surface area contributed by atoms with Crippen LogP contribution in [0.25, 0.3) is 0 Å². The van der Waals surface area contributed by atoms with Gasteiger partial charge in [0.15, 0.2) is 5.78 Å². The van der Waals surface area contributed by atoms with Crippen LogP contribution in [0, 0.1) is 10.1 Å². The number of hydrogen-bond donors (Lipinski definition) is 1. The highest BCUT2D eigenvalue weighted by Crippen LogP contribution is 2.41. The summed E-state index contributed by atoms with van der Waals surface area (Å²) in [6, 6.07) is 10.3. The largest absolute Gasteiger partial charge is 0.328 e. The number of nitrogens with zero attached hydrogens (tertiary/aromatic N) is 4. The Hall–Kier alpha value is -2.98. The van der Waals surface area contributed by atoms with Crippen molar-refractivity contribution in [1.29, 1.82) is 0 Å². The summed E-state index contributed by atoms with van der Waals surface area (Å²) in [5.74, 6) is 1.41. The minimum Gasteiger partial charge on any atom is -0.328 e. The molecule has 0 radical (unpaired) electrons. The summed E-state index contributed by atoms with van der Waals surface area (Å²) >= 11 is 3.07. The molecule has 30 heavy (non-hydrogen) atoms. The number of aromatic nitrogens is 3. The monoisotopic (exact) mass is 439 g/mol. The lowest BCUT2D eigenvalue weighted by atomic mass is 9.88. The van der Waals surface area contributed by atoms with Gasteiger partial charge in [0, 0.05) is 40.5 Å². The van der Waals surface area contributed by atoms with Crippen molar-refractivity contribution in [2.24, 2.45) is 0 Å². The van der Waals surface area contributed by atoms with Crippen LogP contribution in [0.2, 0.25) is 0 Å². The molecule has 3 aromatic rings. The molecule has 0 spiro atoms. The quantitative estimate of drug-likeness (QED) is 0.353. The molecular formula is C20H17N5O3S2. The molecule has 1 unspecified atom stereocenters. The van der Waals surface area contributed by atoms with Crippen LogP contribution in [0.5, 0.6) is 0 Å². The second-order valence-electron chi connectivity index (χ2n) is 7.09. The summed E-state index contributed by atoms with van der Waals surface area (Å²) < 4.78 is 1.81. The number of nitro groups is 1. The molecule has 8 nitrogen and oxygen atoms in total. The molecular weight excluding hydrogens is 422 g/mol. The molecule has 1 N–H and O–H groups in total. The number of Topliss-reactive ketones (excluding diaryl/α,β-unsaturated/α-hetero) is 1. The Morgan fingerprint density at radius 2 is 2.10 bits per heavy atom. The lowest BCUT2D eigenvalue weighted by Gasteiger charge is -2.31. The number of carbonyl (C=O) groups excluding carboxylic acids is 1. The molecule has 1 aliphatic heterocycles. The van der Waals surface area contributed by atoms with Gasteiger partial charge in [0.1, 0.15) is 6.04 Å². The van der Waals surface area contributed by atoms with E-state index in [1.54, 1.807) is 23.5 Å². The molecule has 0 amide bonds. The van der Waals surface area contributed by atoms with Gasteiger partial charge in [-0.1, -0.05) is 30.0 Å². The lowest BCUT2D eigenvalue weighted by molar-refractivity contribution is -0.384. The fraction of sp³-hybridized carbons (Fsp3) is 0.250. The third-order valence-electron chi connectivity index (χ3n) is 5.18. The van der Waals surface area contributed by atoms with Gasteiger partial charge in [0.2, 0.25) is 11.1 Å². The SMILES string of the molecule is O=C1CCCC2=C1C(c1cccs1)n1nc(SCc3ccc([N+](=O)[O-])cc3)nc1N2. The summed E-state index contributed by atoms with van der Waals surface area (Å²) in [6.07, 6.45) is 2.24. The van der Waals surface area contributed by atoms with Crippen LogP contribution >= 0.6 is 23.1 Å². The van der Waals surface area contributed by atoms with E-state index in [1.807, 2.05) is 22.2 Å². The summed E-state index contributed by atoms with van der Waals surface area (Å²) in [7, 11) is 0. The number of nitro benzene ring substituents is 1. The number of fused-ring (bicyclic) bond motifs is 1. The van der Waals surface area contributed by atoms with E-state index in [2.05, 4.69) is 10.3 Å². The lowest BCUT2D eigenvalue weighted by Crippen LogP contribution is -2.31. The first-order chi connectivity index (χ1) is 14.6. The molecule has 2 aliphatic rings. The van der Waals surface area contributed by atoms with Crippen LogP contribution < -0.4 is 5.32 Å². The number of ketones is 1. The molecule has 1 aliphatic carbocycles. The average molecular weight is 440 g/mol. The first kappa shape index (κ1) is 19.0. The number of hydrogen-bond acceptors (Lipinski definition) is 8. The highest BCUT2D eigenvalue weighted by Gasteiger charge is 2.37. The van der Waals surface area contributed by atoms with Gasteiger partial charge in [0.05, 0.1) is 4.92 Å². The van der Waals surface area contributed by atoms with Crippen molar-refractivity contribution in [2.75, 3.05) is 5.32 Å². The van der Waals surface area contributed by atoms with E-state index in [4.69, 9.17) is 5.10 Å².